The van der Waals surface area contributed by atoms with Crippen LogP contribution in [0.25, 0.3) is 11.0 Å². The fraction of sp³-hybridized carbons (Fsp3) is 0.111. The third-order valence-corrected chi connectivity index (χ3v) is 2.21. The molecule has 0 aromatic carbocycles. The normalized spacial score (nSPS) is 10.2. The van der Waals surface area contributed by atoms with Crippen molar-refractivity contribution in [3.05, 3.63) is 24.0 Å². The Kier molecular flexibility index (Phi) is 2.41. The molecule has 15 heavy (non-hydrogen) atoms. The van der Waals surface area contributed by atoms with Crippen LogP contribution >= 0.6 is 0 Å². The summed E-state index contributed by atoms with van der Waals surface area (Å²) in [6, 6.07) is 3.66. The van der Waals surface area contributed by atoms with Crippen LogP contribution in [0, 0.1) is 11.3 Å². The number of nitrogens with zero attached hydrogens (tertiary/aromatic N) is 2. The van der Waals surface area contributed by atoms with Gasteiger partial charge >= 0.3 is 7.12 Å². The van der Waals surface area contributed by atoms with E-state index in [0.29, 0.717) is 11.1 Å². The highest BCUT2D eigenvalue weighted by Crippen LogP contribution is 2.14. The molecule has 2 rings (SSSR count). The van der Waals surface area contributed by atoms with Crippen molar-refractivity contribution in [1.82, 2.24) is 9.97 Å². The molecule has 0 spiro atoms. The molecule has 0 saturated heterocycles. The van der Waals surface area contributed by atoms with E-state index in [9.17, 15) is 0 Å². The summed E-state index contributed by atoms with van der Waals surface area (Å²) < 4.78 is 0. The molecule has 0 bridgehead atoms. The highest BCUT2D eigenvalue weighted by Gasteiger charge is 2.13. The van der Waals surface area contributed by atoms with Crippen LogP contribution in [-0.2, 0) is 6.42 Å². The van der Waals surface area contributed by atoms with Crippen molar-refractivity contribution in [3.8, 4) is 6.07 Å². The van der Waals surface area contributed by atoms with Gasteiger partial charge in [-0.1, -0.05) is 0 Å². The molecule has 0 aliphatic carbocycles. The number of pyridine rings is 1. The summed E-state index contributed by atoms with van der Waals surface area (Å²) >= 11 is 0. The lowest BCUT2D eigenvalue weighted by atomic mass is 9.81. The molecule has 0 saturated carbocycles. The van der Waals surface area contributed by atoms with Crippen molar-refractivity contribution in [2.75, 3.05) is 0 Å². The Morgan fingerprint density at radius 1 is 1.53 bits per heavy atom. The van der Waals surface area contributed by atoms with Crippen molar-refractivity contribution in [3.63, 3.8) is 0 Å². The van der Waals surface area contributed by atoms with Gasteiger partial charge in [-0.15, -0.1) is 0 Å². The van der Waals surface area contributed by atoms with E-state index < -0.39 is 7.12 Å². The second-order valence-corrected chi connectivity index (χ2v) is 3.19. The summed E-state index contributed by atoms with van der Waals surface area (Å²) in [5.41, 5.74) is 1.77. The zero-order valence-corrected chi connectivity index (χ0v) is 7.81. The van der Waals surface area contributed by atoms with E-state index in [-0.39, 0.29) is 6.42 Å². The second kappa shape index (κ2) is 3.73. The van der Waals surface area contributed by atoms with E-state index >= 15 is 0 Å². The molecule has 0 unspecified atom stereocenters. The highest BCUT2D eigenvalue weighted by atomic mass is 16.4. The van der Waals surface area contributed by atoms with E-state index in [2.05, 4.69) is 9.97 Å². The number of hydrogen-bond acceptors (Lipinski definition) is 4. The topological polar surface area (TPSA) is 92.9 Å². The number of rotatable bonds is 2. The van der Waals surface area contributed by atoms with Gasteiger partial charge in [0, 0.05) is 23.2 Å². The van der Waals surface area contributed by atoms with Gasteiger partial charge in [-0.25, -0.2) is 4.98 Å². The van der Waals surface area contributed by atoms with Crippen molar-refractivity contribution < 1.29 is 10.0 Å². The molecule has 0 amide bonds. The highest BCUT2D eigenvalue weighted by molar-refractivity contribution is 6.58. The lowest BCUT2D eigenvalue weighted by Gasteiger charge is -1.98. The Balaban J connectivity index is 2.57. The Morgan fingerprint density at radius 3 is 3.00 bits per heavy atom. The first-order valence-corrected chi connectivity index (χ1v) is 4.41. The number of aromatic nitrogens is 2. The lowest BCUT2D eigenvalue weighted by molar-refractivity contribution is 0.425. The molecular formula is C9H8BN3O2. The van der Waals surface area contributed by atoms with E-state index in [4.69, 9.17) is 15.3 Å². The molecule has 0 fully saturated rings. The van der Waals surface area contributed by atoms with Gasteiger partial charge in [-0.3, -0.25) is 0 Å². The SMILES string of the molecule is N#CCc1c[nH]c2ncc(B(O)O)cc12. The molecule has 0 radical (unpaired) electrons. The minimum absolute atomic E-state index is 0.270. The minimum atomic E-state index is -1.54. The molecule has 2 aromatic rings. The molecule has 5 nitrogen and oxygen atoms in total. The average molecular weight is 201 g/mol. The maximum atomic E-state index is 8.98. The largest absolute Gasteiger partial charge is 0.490 e. The maximum absolute atomic E-state index is 8.98. The van der Waals surface area contributed by atoms with Gasteiger partial charge < -0.3 is 15.0 Å². The van der Waals surface area contributed by atoms with Crippen molar-refractivity contribution in [2.45, 2.75) is 6.42 Å². The molecule has 74 valence electrons. The van der Waals surface area contributed by atoms with Crippen LogP contribution < -0.4 is 5.46 Å². The first-order valence-electron chi connectivity index (χ1n) is 4.41. The second-order valence-electron chi connectivity index (χ2n) is 3.19. The predicted molar refractivity (Wildman–Crippen MR) is 55.2 cm³/mol. The van der Waals surface area contributed by atoms with Crippen molar-refractivity contribution in [2.24, 2.45) is 0 Å². The fourth-order valence-corrected chi connectivity index (χ4v) is 1.45. The van der Waals surface area contributed by atoms with Crippen LogP contribution in [-0.4, -0.2) is 27.1 Å². The van der Waals surface area contributed by atoms with E-state index in [0.717, 1.165) is 10.9 Å². The quantitative estimate of drug-likeness (QED) is 0.560. The average Bonchev–Trinajstić information content (AvgIpc) is 2.61. The molecule has 3 N–H and O–H groups in total. The number of nitriles is 1. The Labute approximate surface area is 86.1 Å². The van der Waals surface area contributed by atoms with Gasteiger partial charge in [0.25, 0.3) is 0 Å². The Morgan fingerprint density at radius 2 is 2.33 bits per heavy atom. The van der Waals surface area contributed by atoms with Crippen LogP contribution in [0.15, 0.2) is 18.5 Å². The van der Waals surface area contributed by atoms with Crippen LogP contribution in [0.5, 0.6) is 0 Å². The first kappa shape index (κ1) is 9.71. The summed E-state index contributed by atoms with van der Waals surface area (Å²) in [6.07, 6.45) is 3.36. The van der Waals surface area contributed by atoms with Crippen LogP contribution in [0.1, 0.15) is 5.56 Å². The fourth-order valence-electron chi connectivity index (χ4n) is 1.45. The van der Waals surface area contributed by atoms with E-state index in [1.807, 2.05) is 6.07 Å². The standard InChI is InChI=1S/C9H8BN3O2/c11-2-1-6-4-12-9-8(6)3-7(5-13-9)10(14)15/h3-5,14-15H,1H2,(H,12,13). The molecule has 6 heteroatoms. The van der Waals surface area contributed by atoms with Gasteiger partial charge in [0.1, 0.15) is 5.65 Å². The minimum Gasteiger partial charge on any atom is -0.423 e. The zero-order chi connectivity index (χ0) is 10.8. The van der Waals surface area contributed by atoms with Gasteiger partial charge in [0.2, 0.25) is 0 Å². The molecule has 2 aromatic heterocycles. The molecule has 0 atom stereocenters. The smallest absolute Gasteiger partial charge is 0.423 e. The third kappa shape index (κ3) is 1.70. The maximum Gasteiger partial charge on any atom is 0.490 e. The monoisotopic (exact) mass is 201 g/mol. The molecule has 0 aliphatic rings. The molecular weight excluding hydrogens is 193 g/mol. The van der Waals surface area contributed by atoms with E-state index in [1.54, 1.807) is 12.3 Å². The predicted octanol–water partition coefficient (Wildman–Crippen LogP) is -0.691. The van der Waals surface area contributed by atoms with Crippen LogP contribution in [0.2, 0.25) is 0 Å². The summed E-state index contributed by atoms with van der Waals surface area (Å²) in [7, 11) is -1.54. The number of nitrogens with one attached hydrogen (secondary N) is 1. The molecule has 0 aliphatic heterocycles. The van der Waals surface area contributed by atoms with Crippen LogP contribution in [0.3, 0.4) is 0 Å². The number of aromatic amines is 1. The van der Waals surface area contributed by atoms with Gasteiger partial charge in [-0.05, 0) is 11.6 Å². The van der Waals surface area contributed by atoms with Gasteiger partial charge in [-0.2, -0.15) is 5.26 Å². The summed E-state index contributed by atoms with van der Waals surface area (Å²) in [6.45, 7) is 0. The number of fused-ring (bicyclic) bond motifs is 1. The number of H-pyrrole nitrogens is 1. The van der Waals surface area contributed by atoms with Gasteiger partial charge in [0.05, 0.1) is 12.5 Å². The van der Waals surface area contributed by atoms with Crippen molar-refractivity contribution in [1.29, 1.82) is 5.26 Å². The zero-order valence-electron chi connectivity index (χ0n) is 7.81. The van der Waals surface area contributed by atoms with Gasteiger partial charge in [0.15, 0.2) is 0 Å². The first-order chi connectivity index (χ1) is 7.22. The van der Waals surface area contributed by atoms with E-state index in [1.165, 1.54) is 6.20 Å². The Hall–Kier alpha value is -1.84. The Bertz CT molecular complexity index is 530. The summed E-state index contributed by atoms with van der Waals surface area (Å²) in [5, 5.41) is 27.3. The summed E-state index contributed by atoms with van der Waals surface area (Å²) in [4.78, 5) is 6.93. The third-order valence-electron chi connectivity index (χ3n) is 2.21. The lowest BCUT2D eigenvalue weighted by Crippen LogP contribution is -2.29. The summed E-state index contributed by atoms with van der Waals surface area (Å²) in [5.74, 6) is 0. The molecule has 2 heterocycles. The number of hydrogen-bond donors (Lipinski definition) is 3. The van der Waals surface area contributed by atoms with Crippen LogP contribution in [0.4, 0.5) is 0 Å². The van der Waals surface area contributed by atoms with Crippen molar-refractivity contribution >= 4 is 23.6 Å².